The Kier molecular flexibility index (Phi) is 8.97. The molecule has 222 valence electrons. The van der Waals surface area contributed by atoms with E-state index in [-0.39, 0.29) is 30.0 Å². The predicted octanol–water partition coefficient (Wildman–Crippen LogP) is 5.19. The Hall–Kier alpha value is -1.68. The molecule has 1 aliphatic carbocycles. The van der Waals surface area contributed by atoms with Crippen LogP contribution in [0, 0.1) is 11.8 Å². The molecule has 3 aliphatic heterocycles. The molecule has 0 aromatic heterocycles. The maximum Gasteiger partial charge on any atom is 0.281 e. The molecule has 0 bridgehead atoms. The molecule has 10 heteroatoms. The maximum absolute atomic E-state index is 13.1. The Morgan fingerprint density at radius 1 is 0.805 bits per heavy atom. The van der Waals surface area contributed by atoms with Crippen molar-refractivity contribution in [3.63, 3.8) is 0 Å². The third-order valence-corrected chi connectivity index (χ3v) is 12.3. The van der Waals surface area contributed by atoms with Gasteiger partial charge in [-0.25, -0.2) is 0 Å². The summed E-state index contributed by atoms with van der Waals surface area (Å²) in [5.74, 6) is 1.05. The molecule has 41 heavy (non-hydrogen) atoms. The monoisotopic (exact) mass is 618 g/mol. The van der Waals surface area contributed by atoms with Crippen LogP contribution in [0.25, 0.3) is 0 Å². The normalized spacial score (nSPS) is 28.5. The van der Waals surface area contributed by atoms with Gasteiger partial charge in [0.15, 0.2) is 0 Å². The quantitative estimate of drug-likeness (QED) is 0.447. The zero-order valence-corrected chi connectivity index (χ0v) is 25.7. The summed E-state index contributed by atoms with van der Waals surface area (Å²) in [6.07, 6.45) is 6.87. The summed E-state index contributed by atoms with van der Waals surface area (Å²) in [4.78, 5) is 12.8. The third-order valence-electron chi connectivity index (χ3n) is 9.76. The number of carbonyl (C=O) groups is 1. The number of fused-ring (bicyclic) bond motifs is 1. The minimum Gasteiger partial charge on any atom is -0.353 e. The average Bonchev–Trinajstić information content (AvgIpc) is 3.52. The minimum absolute atomic E-state index is 0.0828. The van der Waals surface area contributed by atoms with Gasteiger partial charge in [0, 0.05) is 66.7 Å². The highest BCUT2D eigenvalue weighted by molar-refractivity contribution is 7.86. The molecule has 3 heterocycles. The van der Waals surface area contributed by atoms with E-state index in [0.717, 1.165) is 55.0 Å². The molecule has 4 atom stereocenters. The number of nitrogens with one attached hydrogen (secondary N) is 2. The molecule has 3 saturated heterocycles. The van der Waals surface area contributed by atoms with Crippen LogP contribution < -0.4 is 10.6 Å². The summed E-state index contributed by atoms with van der Waals surface area (Å²) in [6, 6.07) is 16.9. The van der Waals surface area contributed by atoms with Crippen LogP contribution >= 0.6 is 23.2 Å². The second-order valence-electron chi connectivity index (χ2n) is 12.3. The van der Waals surface area contributed by atoms with Crippen LogP contribution in [0.4, 0.5) is 0 Å². The van der Waals surface area contributed by atoms with Crippen LogP contribution in [0.5, 0.6) is 0 Å². The molecule has 4 aliphatic rings. The first-order chi connectivity index (χ1) is 19.8. The summed E-state index contributed by atoms with van der Waals surface area (Å²) in [5.41, 5.74) is 2.49. The average molecular weight is 620 g/mol. The second-order valence-corrected chi connectivity index (χ2v) is 15.1. The van der Waals surface area contributed by atoms with E-state index in [0.29, 0.717) is 44.4 Å². The highest BCUT2D eigenvalue weighted by Crippen LogP contribution is 2.45. The lowest BCUT2D eigenvalue weighted by Gasteiger charge is -2.47. The van der Waals surface area contributed by atoms with Gasteiger partial charge in [0.25, 0.3) is 10.2 Å². The number of nitrogens with zero attached hydrogens (tertiary/aromatic N) is 2. The molecule has 7 nitrogen and oxygen atoms in total. The molecule has 4 unspecified atom stereocenters. The lowest BCUT2D eigenvalue weighted by atomic mass is 9.65. The zero-order chi connectivity index (χ0) is 28.6. The first kappa shape index (κ1) is 29.4. The van der Waals surface area contributed by atoms with Crippen molar-refractivity contribution in [1.29, 1.82) is 0 Å². The number of amides is 1. The smallest absolute Gasteiger partial charge is 0.281 e. The summed E-state index contributed by atoms with van der Waals surface area (Å²) in [7, 11) is -3.36. The number of hydrogen-bond donors (Lipinski definition) is 2. The molecule has 4 fully saturated rings. The van der Waals surface area contributed by atoms with Crippen LogP contribution in [0.1, 0.15) is 68.4 Å². The van der Waals surface area contributed by atoms with E-state index in [1.807, 2.05) is 24.3 Å². The van der Waals surface area contributed by atoms with Crippen molar-refractivity contribution < 1.29 is 13.2 Å². The third kappa shape index (κ3) is 6.48. The summed E-state index contributed by atoms with van der Waals surface area (Å²) in [5, 5.41) is 8.60. The van der Waals surface area contributed by atoms with Gasteiger partial charge in [-0.3, -0.25) is 4.79 Å². The van der Waals surface area contributed by atoms with Crippen molar-refractivity contribution in [2.45, 2.75) is 75.4 Å². The number of carbonyl (C=O) groups excluding carboxylic acids is 1. The van der Waals surface area contributed by atoms with Gasteiger partial charge in [0.1, 0.15) is 0 Å². The highest BCUT2D eigenvalue weighted by Gasteiger charge is 2.44. The van der Waals surface area contributed by atoms with E-state index in [1.54, 1.807) is 8.61 Å². The van der Waals surface area contributed by atoms with Gasteiger partial charge in [-0.1, -0.05) is 47.5 Å². The van der Waals surface area contributed by atoms with Gasteiger partial charge in [-0.2, -0.15) is 17.0 Å². The number of piperidine rings is 2. The Morgan fingerprint density at radius 3 is 1.95 bits per heavy atom. The van der Waals surface area contributed by atoms with E-state index in [2.05, 4.69) is 34.9 Å². The van der Waals surface area contributed by atoms with Crippen LogP contribution in [-0.2, 0) is 15.0 Å². The summed E-state index contributed by atoms with van der Waals surface area (Å²) >= 11 is 12.5. The fourth-order valence-corrected chi connectivity index (χ4v) is 9.65. The van der Waals surface area contributed by atoms with Crippen LogP contribution in [-0.4, -0.2) is 67.2 Å². The number of hydrogen-bond acceptors (Lipinski definition) is 4. The van der Waals surface area contributed by atoms with Gasteiger partial charge < -0.3 is 10.6 Å². The molecule has 2 aromatic rings. The minimum atomic E-state index is -3.36. The molecular weight excluding hydrogens is 579 g/mol. The number of rotatable bonds is 7. The van der Waals surface area contributed by atoms with E-state index in [9.17, 15) is 13.2 Å². The van der Waals surface area contributed by atoms with Crippen molar-refractivity contribution in [2.75, 3.05) is 26.2 Å². The molecule has 0 spiro atoms. The largest absolute Gasteiger partial charge is 0.353 e. The fraction of sp³-hybridized carbons (Fsp3) is 0.581. The molecule has 6 rings (SSSR count). The van der Waals surface area contributed by atoms with Crippen molar-refractivity contribution in [3.05, 3.63) is 69.7 Å². The van der Waals surface area contributed by atoms with E-state index in [1.165, 1.54) is 11.1 Å². The summed E-state index contributed by atoms with van der Waals surface area (Å²) in [6.45, 7) is 2.33. The maximum atomic E-state index is 13.1. The SMILES string of the molecule is O=C1CC(NC2CCN(S(=O)(=O)N3CCCC3)CC2)C2CC(C(c3ccc(Cl)cc3)c3ccc(Cl)cc3)CCC2N1. The Bertz CT molecular complexity index is 1260. The van der Waals surface area contributed by atoms with Crippen LogP contribution in [0.15, 0.2) is 48.5 Å². The highest BCUT2D eigenvalue weighted by atomic mass is 35.5. The van der Waals surface area contributed by atoms with Crippen LogP contribution in [0.2, 0.25) is 10.0 Å². The first-order valence-electron chi connectivity index (χ1n) is 15.1. The van der Waals surface area contributed by atoms with Crippen LogP contribution in [0.3, 0.4) is 0 Å². The van der Waals surface area contributed by atoms with Gasteiger partial charge >= 0.3 is 0 Å². The van der Waals surface area contributed by atoms with Crippen molar-refractivity contribution in [3.8, 4) is 0 Å². The lowest BCUT2D eigenvalue weighted by molar-refractivity contribution is -0.126. The standard InChI is InChI=1S/C31H40Cl2N4O3S/c32-24-8-3-21(4-9-24)31(22-5-10-25(33)11-6-22)23-7-12-28-27(19-23)29(20-30(38)35-28)34-26-13-17-37(18-14-26)41(39,40)36-15-1-2-16-36/h3-6,8-11,23,26-29,31,34H,1-2,7,12-20H2,(H,35,38). The van der Waals surface area contributed by atoms with E-state index >= 15 is 0 Å². The van der Waals surface area contributed by atoms with E-state index in [4.69, 9.17) is 23.2 Å². The van der Waals surface area contributed by atoms with Gasteiger partial charge in [-0.15, -0.1) is 0 Å². The summed E-state index contributed by atoms with van der Waals surface area (Å²) < 4.78 is 29.4. The Balaban J connectivity index is 1.16. The number of halogens is 2. The number of benzene rings is 2. The molecule has 2 N–H and O–H groups in total. The van der Waals surface area contributed by atoms with E-state index < -0.39 is 10.2 Å². The topological polar surface area (TPSA) is 81.8 Å². The zero-order valence-electron chi connectivity index (χ0n) is 23.4. The van der Waals surface area contributed by atoms with Gasteiger partial charge in [0.2, 0.25) is 5.91 Å². The van der Waals surface area contributed by atoms with Crippen molar-refractivity contribution >= 4 is 39.3 Å². The lowest BCUT2D eigenvalue weighted by Crippen LogP contribution is -2.60. The Morgan fingerprint density at radius 2 is 1.37 bits per heavy atom. The van der Waals surface area contributed by atoms with Gasteiger partial charge in [-0.05, 0) is 92.2 Å². The first-order valence-corrected chi connectivity index (χ1v) is 17.2. The molecule has 1 amide bonds. The predicted molar refractivity (Wildman–Crippen MR) is 163 cm³/mol. The van der Waals surface area contributed by atoms with Crippen molar-refractivity contribution in [2.24, 2.45) is 11.8 Å². The fourth-order valence-electron chi connectivity index (χ4n) is 7.68. The molecule has 2 aromatic carbocycles. The molecule has 1 saturated carbocycles. The second kappa shape index (κ2) is 12.5. The van der Waals surface area contributed by atoms with Gasteiger partial charge in [0.05, 0.1) is 0 Å². The Labute approximate surface area is 254 Å². The molecular formula is C31H40Cl2N4O3S. The molecule has 0 radical (unpaired) electrons. The van der Waals surface area contributed by atoms with Crippen molar-refractivity contribution in [1.82, 2.24) is 19.2 Å².